The highest BCUT2D eigenvalue weighted by atomic mass is 15.1. The molecule has 108 valence electrons. The zero-order chi connectivity index (χ0) is 13.9. The number of nitrogens with one attached hydrogen (secondary N) is 1. The number of aryl methyl sites for hydroxylation is 1. The molecule has 2 aromatic rings. The topological polar surface area (TPSA) is 29.9 Å². The van der Waals surface area contributed by atoms with Gasteiger partial charge in [0.1, 0.15) is 5.82 Å². The number of aromatic nitrogens is 2. The van der Waals surface area contributed by atoms with Crippen molar-refractivity contribution in [3.8, 4) is 0 Å². The van der Waals surface area contributed by atoms with Crippen LogP contribution in [0.2, 0.25) is 0 Å². The van der Waals surface area contributed by atoms with Gasteiger partial charge in [-0.05, 0) is 50.7 Å². The van der Waals surface area contributed by atoms with E-state index < -0.39 is 0 Å². The van der Waals surface area contributed by atoms with Gasteiger partial charge in [-0.25, -0.2) is 4.98 Å². The summed E-state index contributed by atoms with van der Waals surface area (Å²) >= 11 is 0. The molecule has 0 spiro atoms. The Bertz CT molecular complexity index is 565. The van der Waals surface area contributed by atoms with Gasteiger partial charge in [-0.15, -0.1) is 0 Å². The molecular formula is C17H25N3. The second-order valence-electron chi connectivity index (χ2n) is 6.10. The smallest absolute Gasteiger partial charge is 0.123 e. The van der Waals surface area contributed by atoms with Gasteiger partial charge in [0.15, 0.2) is 0 Å². The third-order valence-corrected chi connectivity index (χ3v) is 4.61. The number of hydrogen-bond donors (Lipinski definition) is 1. The lowest BCUT2D eigenvalue weighted by Crippen LogP contribution is -2.33. The van der Waals surface area contributed by atoms with E-state index in [4.69, 9.17) is 4.98 Å². The first-order chi connectivity index (χ1) is 9.78. The average molecular weight is 271 g/mol. The molecule has 1 aliphatic carbocycles. The molecular weight excluding hydrogens is 246 g/mol. The first-order valence-corrected chi connectivity index (χ1v) is 7.95. The predicted molar refractivity (Wildman–Crippen MR) is 83.7 cm³/mol. The van der Waals surface area contributed by atoms with Gasteiger partial charge in [0.2, 0.25) is 0 Å². The molecule has 3 heteroatoms. The van der Waals surface area contributed by atoms with Crippen LogP contribution in [0.15, 0.2) is 24.3 Å². The van der Waals surface area contributed by atoms with Gasteiger partial charge in [0, 0.05) is 12.6 Å². The van der Waals surface area contributed by atoms with E-state index in [2.05, 4.69) is 48.0 Å². The van der Waals surface area contributed by atoms with E-state index in [1.165, 1.54) is 37.0 Å². The normalized spacial score (nSPS) is 23.3. The summed E-state index contributed by atoms with van der Waals surface area (Å²) in [6.07, 6.45) is 5.35. The molecule has 1 aromatic carbocycles. The molecule has 3 nitrogen and oxygen atoms in total. The molecule has 0 unspecified atom stereocenters. The molecule has 0 bridgehead atoms. The summed E-state index contributed by atoms with van der Waals surface area (Å²) in [5, 5.41) is 3.71. The lowest BCUT2D eigenvalue weighted by atomic mass is 9.87. The minimum absolute atomic E-state index is 0.677. The Labute approximate surface area is 121 Å². The van der Waals surface area contributed by atoms with Crippen molar-refractivity contribution in [2.75, 3.05) is 0 Å². The van der Waals surface area contributed by atoms with Crippen molar-refractivity contribution in [2.24, 2.45) is 5.92 Å². The quantitative estimate of drug-likeness (QED) is 0.918. The van der Waals surface area contributed by atoms with Crippen LogP contribution in [0, 0.1) is 5.92 Å². The van der Waals surface area contributed by atoms with Gasteiger partial charge in [0.05, 0.1) is 17.6 Å². The van der Waals surface area contributed by atoms with Gasteiger partial charge in [0.25, 0.3) is 0 Å². The van der Waals surface area contributed by atoms with Gasteiger partial charge < -0.3 is 9.88 Å². The Kier molecular flexibility index (Phi) is 4.06. The van der Waals surface area contributed by atoms with Crippen molar-refractivity contribution in [1.82, 2.24) is 14.9 Å². The lowest BCUT2D eigenvalue weighted by molar-refractivity contribution is 0.304. The summed E-state index contributed by atoms with van der Waals surface area (Å²) in [6.45, 7) is 6.44. The zero-order valence-electron chi connectivity index (χ0n) is 12.6. The molecule has 0 aliphatic heterocycles. The van der Waals surface area contributed by atoms with Crippen LogP contribution in [0.4, 0.5) is 0 Å². The van der Waals surface area contributed by atoms with Crippen LogP contribution >= 0.6 is 0 Å². The summed E-state index contributed by atoms with van der Waals surface area (Å²) in [5.41, 5.74) is 2.37. The van der Waals surface area contributed by atoms with Gasteiger partial charge >= 0.3 is 0 Å². The number of benzene rings is 1. The maximum Gasteiger partial charge on any atom is 0.123 e. The second kappa shape index (κ2) is 5.96. The summed E-state index contributed by atoms with van der Waals surface area (Å²) in [6, 6.07) is 9.10. The molecule has 1 saturated carbocycles. The minimum Gasteiger partial charge on any atom is -0.327 e. The fourth-order valence-electron chi connectivity index (χ4n) is 3.31. The Balaban J connectivity index is 1.71. The largest absolute Gasteiger partial charge is 0.327 e. The van der Waals surface area contributed by atoms with Crippen LogP contribution in [0.5, 0.6) is 0 Å². The third kappa shape index (κ3) is 2.73. The highest BCUT2D eigenvalue weighted by molar-refractivity contribution is 5.75. The summed E-state index contributed by atoms with van der Waals surface area (Å²) in [7, 11) is 0. The predicted octanol–water partition coefficient (Wildman–Crippen LogP) is 3.72. The lowest BCUT2D eigenvalue weighted by Gasteiger charge is -2.27. The molecule has 3 rings (SSSR count). The second-order valence-corrected chi connectivity index (χ2v) is 6.10. The molecule has 0 atom stereocenters. The van der Waals surface area contributed by atoms with Crippen molar-refractivity contribution < 1.29 is 0 Å². The van der Waals surface area contributed by atoms with Crippen LogP contribution in [0.1, 0.15) is 45.4 Å². The Morgan fingerprint density at radius 2 is 1.95 bits per heavy atom. The summed E-state index contributed by atoms with van der Waals surface area (Å²) < 4.78 is 2.33. The number of fused-ring (bicyclic) bond motifs is 1. The van der Waals surface area contributed by atoms with Gasteiger partial charge in [-0.2, -0.15) is 0 Å². The van der Waals surface area contributed by atoms with E-state index in [0.717, 1.165) is 24.5 Å². The number of para-hydroxylation sites is 2. The maximum atomic E-state index is 4.78. The molecule has 1 fully saturated rings. The molecule has 0 saturated heterocycles. The van der Waals surface area contributed by atoms with E-state index in [1.807, 2.05) is 0 Å². The van der Waals surface area contributed by atoms with E-state index in [0.29, 0.717) is 6.04 Å². The van der Waals surface area contributed by atoms with Crippen LogP contribution in [0.3, 0.4) is 0 Å². The van der Waals surface area contributed by atoms with Crippen LogP contribution in [0.25, 0.3) is 11.0 Å². The van der Waals surface area contributed by atoms with Crippen LogP contribution < -0.4 is 5.32 Å². The van der Waals surface area contributed by atoms with Gasteiger partial charge in [-0.1, -0.05) is 19.1 Å². The number of imidazole rings is 1. The van der Waals surface area contributed by atoms with Crippen molar-refractivity contribution in [1.29, 1.82) is 0 Å². The Hall–Kier alpha value is -1.35. The molecule has 1 aliphatic rings. The van der Waals surface area contributed by atoms with Gasteiger partial charge in [-0.3, -0.25) is 0 Å². The van der Waals surface area contributed by atoms with Crippen molar-refractivity contribution in [3.63, 3.8) is 0 Å². The minimum atomic E-state index is 0.677. The van der Waals surface area contributed by atoms with Crippen molar-refractivity contribution in [3.05, 3.63) is 30.1 Å². The van der Waals surface area contributed by atoms with E-state index >= 15 is 0 Å². The molecule has 0 radical (unpaired) electrons. The van der Waals surface area contributed by atoms with Crippen LogP contribution in [-0.2, 0) is 13.1 Å². The SMILES string of the molecule is CCn1c(CNC2CCC(C)CC2)nc2ccccc21. The van der Waals surface area contributed by atoms with Crippen LogP contribution in [-0.4, -0.2) is 15.6 Å². The average Bonchev–Trinajstić information content (AvgIpc) is 2.84. The number of hydrogen-bond acceptors (Lipinski definition) is 2. The van der Waals surface area contributed by atoms with Crippen molar-refractivity contribution >= 4 is 11.0 Å². The first-order valence-electron chi connectivity index (χ1n) is 7.95. The Morgan fingerprint density at radius 1 is 1.20 bits per heavy atom. The highest BCUT2D eigenvalue weighted by Crippen LogP contribution is 2.24. The summed E-state index contributed by atoms with van der Waals surface area (Å²) in [4.78, 5) is 4.78. The summed E-state index contributed by atoms with van der Waals surface area (Å²) in [5.74, 6) is 2.08. The zero-order valence-corrected chi connectivity index (χ0v) is 12.6. The maximum absolute atomic E-state index is 4.78. The third-order valence-electron chi connectivity index (χ3n) is 4.61. The van der Waals surface area contributed by atoms with E-state index in [-0.39, 0.29) is 0 Å². The molecule has 1 heterocycles. The molecule has 20 heavy (non-hydrogen) atoms. The molecule has 1 aromatic heterocycles. The van der Waals surface area contributed by atoms with E-state index in [1.54, 1.807) is 0 Å². The molecule has 1 N–H and O–H groups in total. The Morgan fingerprint density at radius 3 is 2.70 bits per heavy atom. The first kappa shape index (κ1) is 13.6. The monoisotopic (exact) mass is 271 g/mol. The fourth-order valence-corrected chi connectivity index (χ4v) is 3.31. The standard InChI is InChI=1S/C17H25N3/c1-3-20-16-7-5-4-6-15(16)19-17(20)12-18-14-10-8-13(2)9-11-14/h4-7,13-14,18H,3,8-12H2,1-2H3. The highest BCUT2D eigenvalue weighted by Gasteiger charge is 2.18. The number of nitrogens with zero attached hydrogens (tertiary/aromatic N) is 2. The fraction of sp³-hybridized carbons (Fsp3) is 0.588. The number of rotatable bonds is 4. The van der Waals surface area contributed by atoms with E-state index in [9.17, 15) is 0 Å². The molecule has 0 amide bonds. The van der Waals surface area contributed by atoms with Crippen molar-refractivity contribution in [2.45, 2.75) is 58.7 Å².